The molecular formula is C19H26N4O2. The van der Waals surface area contributed by atoms with Gasteiger partial charge in [0, 0.05) is 38.4 Å². The summed E-state index contributed by atoms with van der Waals surface area (Å²) in [5, 5.41) is 0. The van der Waals surface area contributed by atoms with E-state index in [-0.39, 0.29) is 11.8 Å². The van der Waals surface area contributed by atoms with Gasteiger partial charge in [0.25, 0.3) is 5.91 Å². The van der Waals surface area contributed by atoms with Crippen LogP contribution in [0, 0.1) is 5.92 Å². The number of likely N-dealkylation sites (tertiary alicyclic amines) is 2. The molecule has 3 fully saturated rings. The molecule has 1 aliphatic carbocycles. The molecule has 0 radical (unpaired) electrons. The van der Waals surface area contributed by atoms with Gasteiger partial charge in [-0.15, -0.1) is 0 Å². The molecule has 1 saturated carbocycles. The molecule has 2 aliphatic heterocycles. The van der Waals surface area contributed by atoms with E-state index < -0.39 is 5.54 Å². The van der Waals surface area contributed by atoms with E-state index >= 15 is 0 Å². The second-order valence-corrected chi connectivity index (χ2v) is 7.60. The maximum absolute atomic E-state index is 13.5. The highest BCUT2D eigenvalue weighted by Crippen LogP contribution is 2.42. The SMILES string of the molecule is O=C(CC1CCC1)N1CCCC1(C(=O)N1CCCC1)c1cnccn1. The van der Waals surface area contributed by atoms with Crippen molar-refractivity contribution in [2.45, 2.75) is 56.9 Å². The second-order valence-electron chi connectivity index (χ2n) is 7.60. The number of hydrogen-bond acceptors (Lipinski definition) is 4. The van der Waals surface area contributed by atoms with Crippen LogP contribution in [0.2, 0.25) is 0 Å². The lowest BCUT2D eigenvalue weighted by Crippen LogP contribution is -2.56. The van der Waals surface area contributed by atoms with Gasteiger partial charge in [-0.2, -0.15) is 0 Å². The van der Waals surface area contributed by atoms with Crippen molar-refractivity contribution in [1.82, 2.24) is 19.8 Å². The van der Waals surface area contributed by atoms with Gasteiger partial charge in [0.1, 0.15) is 0 Å². The minimum atomic E-state index is -0.945. The van der Waals surface area contributed by atoms with Gasteiger partial charge < -0.3 is 9.80 Å². The van der Waals surface area contributed by atoms with Crippen molar-refractivity contribution in [2.75, 3.05) is 19.6 Å². The van der Waals surface area contributed by atoms with E-state index in [1.54, 1.807) is 18.6 Å². The highest BCUT2D eigenvalue weighted by atomic mass is 16.2. The predicted octanol–water partition coefficient (Wildman–Crippen LogP) is 2.11. The predicted molar refractivity (Wildman–Crippen MR) is 92.4 cm³/mol. The summed E-state index contributed by atoms with van der Waals surface area (Å²) in [6.07, 6.45) is 12.5. The van der Waals surface area contributed by atoms with Gasteiger partial charge in [-0.3, -0.25) is 19.6 Å². The molecule has 1 aromatic rings. The fourth-order valence-corrected chi connectivity index (χ4v) is 4.50. The Balaban J connectivity index is 1.68. The van der Waals surface area contributed by atoms with E-state index in [4.69, 9.17) is 0 Å². The number of hydrogen-bond donors (Lipinski definition) is 0. The van der Waals surface area contributed by atoms with Gasteiger partial charge in [0.15, 0.2) is 5.54 Å². The lowest BCUT2D eigenvalue weighted by Gasteiger charge is -2.40. The van der Waals surface area contributed by atoms with E-state index in [1.165, 1.54) is 6.42 Å². The first-order valence-electron chi connectivity index (χ1n) is 9.58. The fraction of sp³-hybridized carbons (Fsp3) is 0.684. The van der Waals surface area contributed by atoms with Crippen LogP contribution in [0.5, 0.6) is 0 Å². The number of carbonyl (C=O) groups excluding carboxylic acids is 2. The average Bonchev–Trinajstić information content (AvgIpc) is 3.28. The molecule has 3 aliphatic rings. The first-order valence-corrected chi connectivity index (χ1v) is 9.58. The standard InChI is InChI=1S/C19H26N4O2/c24-17(13-15-5-3-6-15)23-12-4-7-19(23,16-14-20-8-9-21-16)18(25)22-10-1-2-11-22/h8-9,14-15H,1-7,10-13H2. The van der Waals surface area contributed by atoms with Crippen molar-refractivity contribution in [2.24, 2.45) is 5.92 Å². The summed E-state index contributed by atoms with van der Waals surface area (Å²) < 4.78 is 0. The van der Waals surface area contributed by atoms with Crippen molar-refractivity contribution in [3.8, 4) is 0 Å². The summed E-state index contributed by atoms with van der Waals surface area (Å²) in [4.78, 5) is 39.0. The summed E-state index contributed by atoms with van der Waals surface area (Å²) in [5.74, 6) is 0.653. The van der Waals surface area contributed by atoms with Crippen LogP contribution >= 0.6 is 0 Å². The third-order valence-corrected chi connectivity index (χ3v) is 6.10. The van der Waals surface area contributed by atoms with Crippen LogP contribution in [0.4, 0.5) is 0 Å². The zero-order valence-corrected chi connectivity index (χ0v) is 14.7. The number of rotatable bonds is 4. The molecule has 2 amide bonds. The summed E-state index contributed by atoms with van der Waals surface area (Å²) in [5.41, 5.74) is -0.314. The Morgan fingerprint density at radius 3 is 2.52 bits per heavy atom. The molecule has 3 heterocycles. The molecule has 25 heavy (non-hydrogen) atoms. The van der Waals surface area contributed by atoms with Gasteiger partial charge in [-0.1, -0.05) is 6.42 Å². The number of nitrogens with zero attached hydrogens (tertiary/aromatic N) is 4. The lowest BCUT2D eigenvalue weighted by atomic mass is 9.82. The van der Waals surface area contributed by atoms with Gasteiger partial charge in [0.2, 0.25) is 5.91 Å². The van der Waals surface area contributed by atoms with Crippen molar-refractivity contribution in [3.63, 3.8) is 0 Å². The van der Waals surface area contributed by atoms with E-state index in [2.05, 4.69) is 9.97 Å². The van der Waals surface area contributed by atoms with Crippen LogP contribution in [-0.4, -0.2) is 51.2 Å². The first kappa shape index (κ1) is 16.5. The topological polar surface area (TPSA) is 66.4 Å². The maximum Gasteiger partial charge on any atom is 0.254 e. The molecule has 0 bridgehead atoms. The van der Waals surface area contributed by atoms with E-state index in [0.717, 1.165) is 45.2 Å². The molecule has 134 valence electrons. The molecule has 0 spiro atoms. The zero-order chi connectivity index (χ0) is 17.3. The number of amides is 2. The minimum absolute atomic E-state index is 0.0463. The molecule has 6 nitrogen and oxygen atoms in total. The summed E-state index contributed by atoms with van der Waals surface area (Å²) >= 11 is 0. The van der Waals surface area contributed by atoms with Gasteiger partial charge in [0.05, 0.1) is 11.9 Å². The van der Waals surface area contributed by atoms with Gasteiger partial charge in [-0.25, -0.2) is 0 Å². The Labute approximate surface area is 148 Å². The molecule has 0 aromatic carbocycles. The third-order valence-electron chi connectivity index (χ3n) is 6.10. The summed E-state index contributed by atoms with van der Waals surface area (Å²) in [6, 6.07) is 0. The molecule has 4 rings (SSSR count). The quantitative estimate of drug-likeness (QED) is 0.840. The molecule has 0 N–H and O–H groups in total. The van der Waals surface area contributed by atoms with E-state index in [9.17, 15) is 9.59 Å². The Morgan fingerprint density at radius 1 is 1.08 bits per heavy atom. The molecule has 1 aromatic heterocycles. The van der Waals surface area contributed by atoms with E-state index in [0.29, 0.717) is 31.0 Å². The Morgan fingerprint density at radius 2 is 1.88 bits per heavy atom. The molecule has 1 atom stereocenters. The van der Waals surface area contributed by atoms with Crippen molar-refractivity contribution >= 4 is 11.8 Å². The maximum atomic E-state index is 13.5. The van der Waals surface area contributed by atoms with Crippen LogP contribution in [0.25, 0.3) is 0 Å². The van der Waals surface area contributed by atoms with Gasteiger partial charge >= 0.3 is 0 Å². The summed E-state index contributed by atoms with van der Waals surface area (Å²) in [7, 11) is 0. The van der Waals surface area contributed by atoms with Crippen molar-refractivity contribution in [3.05, 3.63) is 24.3 Å². The normalized spacial score (nSPS) is 26.7. The molecule has 1 unspecified atom stereocenters. The molecular weight excluding hydrogens is 316 g/mol. The zero-order valence-electron chi connectivity index (χ0n) is 14.7. The number of carbonyl (C=O) groups is 2. The Hall–Kier alpha value is -1.98. The average molecular weight is 342 g/mol. The summed E-state index contributed by atoms with van der Waals surface area (Å²) in [6.45, 7) is 2.21. The third kappa shape index (κ3) is 2.81. The highest BCUT2D eigenvalue weighted by molar-refractivity contribution is 5.93. The van der Waals surface area contributed by atoms with Crippen molar-refractivity contribution < 1.29 is 9.59 Å². The highest BCUT2D eigenvalue weighted by Gasteiger charge is 2.54. The smallest absolute Gasteiger partial charge is 0.254 e. The van der Waals surface area contributed by atoms with Crippen LogP contribution in [0.1, 0.15) is 57.1 Å². The lowest BCUT2D eigenvalue weighted by molar-refractivity contribution is -0.152. The van der Waals surface area contributed by atoms with Crippen LogP contribution in [-0.2, 0) is 15.1 Å². The Bertz CT molecular complexity index is 640. The van der Waals surface area contributed by atoms with Crippen molar-refractivity contribution in [1.29, 1.82) is 0 Å². The molecule has 2 saturated heterocycles. The van der Waals surface area contributed by atoms with E-state index in [1.807, 2.05) is 9.80 Å². The van der Waals surface area contributed by atoms with Crippen LogP contribution in [0.15, 0.2) is 18.6 Å². The fourth-order valence-electron chi connectivity index (χ4n) is 4.50. The molecule has 6 heteroatoms. The number of aromatic nitrogens is 2. The minimum Gasteiger partial charge on any atom is -0.340 e. The van der Waals surface area contributed by atoms with Gasteiger partial charge in [-0.05, 0) is 44.4 Å². The van der Waals surface area contributed by atoms with Crippen LogP contribution in [0.3, 0.4) is 0 Å². The monoisotopic (exact) mass is 342 g/mol. The second kappa shape index (κ2) is 6.73. The Kier molecular flexibility index (Phi) is 4.44. The first-order chi connectivity index (χ1) is 12.2. The van der Waals surface area contributed by atoms with Crippen LogP contribution < -0.4 is 0 Å². The largest absolute Gasteiger partial charge is 0.340 e.